The topological polar surface area (TPSA) is 428 Å². The number of carboxylic acid groups (broad SMARTS) is 2. The molecule has 82 heavy (non-hydrogen) atoms. The van der Waals surface area contributed by atoms with Gasteiger partial charge in [-0.15, -0.1) is 0 Å². The predicted molar refractivity (Wildman–Crippen MR) is 276 cm³/mol. The maximum atomic E-state index is 13.4. The molecule has 0 unspecified atom stereocenters. The minimum Gasteiger partial charge on any atom is -0.542 e. The van der Waals surface area contributed by atoms with Crippen LogP contribution in [0.4, 0.5) is 38.0 Å². The number of carbonyl (C=O) groups excluding carboxylic acids is 3. The van der Waals surface area contributed by atoms with E-state index in [9.17, 15) is 76.8 Å². The molecule has 0 aliphatic carbocycles. The summed E-state index contributed by atoms with van der Waals surface area (Å²) in [5, 5.41) is 122. The number of amides is 2. The van der Waals surface area contributed by atoms with Gasteiger partial charge in [-0.2, -0.15) is 26.3 Å². The van der Waals surface area contributed by atoms with Crippen molar-refractivity contribution in [2.24, 2.45) is 0 Å². The van der Waals surface area contributed by atoms with Gasteiger partial charge in [0.2, 0.25) is 0 Å². The Hall–Kier alpha value is -6.88. The second-order valence-electron chi connectivity index (χ2n) is 18.0. The molecule has 25 nitrogen and oxygen atoms in total. The minimum absolute atomic E-state index is 0.0772. The number of nitrogens with one attached hydrogen (secondary N) is 2. The third-order valence-electron chi connectivity index (χ3n) is 12.3. The van der Waals surface area contributed by atoms with Crippen molar-refractivity contribution in [2.45, 2.75) is 108 Å². The number of nitrogen functional groups attached to an aromatic ring is 2. The highest BCUT2D eigenvalue weighted by Gasteiger charge is 2.38. The lowest BCUT2D eigenvalue weighted by Crippen LogP contribution is -2.53. The first-order valence-electron chi connectivity index (χ1n) is 24.7. The molecular formula is C50H64ClF6N9O16. The number of aryl methyl sites for hydroxylation is 2. The molecule has 0 radical (unpaired) electrons. The number of carbonyl (C=O) groups is 4. The Balaban J connectivity index is 0.00000111. The normalized spacial score (nSPS) is 14.7. The van der Waals surface area contributed by atoms with E-state index in [-0.39, 0.29) is 54.6 Å². The highest BCUT2D eigenvalue weighted by Crippen LogP contribution is 2.23. The van der Waals surface area contributed by atoms with Gasteiger partial charge in [-0.25, -0.2) is 23.9 Å². The number of anilines is 2. The summed E-state index contributed by atoms with van der Waals surface area (Å²) < 4.78 is 67.4. The number of alkyl halides is 6. The maximum absolute atomic E-state index is 13.4. The second-order valence-corrected chi connectivity index (χ2v) is 18.4. The fourth-order valence-electron chi connectivity index (χ4n) is 7.85. The molecule has 5 aromatic rings. The standard InChI is InChI=1S/C46H62ClN9O12.2C2HF3O2/c1-3-55-30-14-13-29(19-31(30)56(4-2)36(55)20-51-46(68)37-43(48)53-44(49)42(47)52-37)45(67)50-17-15-25-5-9-27(10-6-25)28-11-7-26(8-12-28)16-18-54(21-32(59)38(63)40(65)34(61)23-57)22-33(60)39(64)41(66)35(62)24-58;2*3-2(4,5)1(6)7/h5-14,19,32-35,38-41,57-66H,3-4,15-18,20-24H2,1-2H3,(H5-,48,49,50,51,53,67,68);2*(H,6,7)/t32-,33-,34+,35+,38+,39+,40+,41+;;/m0../s1. The van der Waals surface area contributed by atoms with E-state index in [1.165, 1.54) is 4.90 Å². The number of imidazole rings is 1. The van der Waals surface area contributed by atoms with Gasteiger partial charge in [0.05, 0.1) is 38.5 Å². The van der Waals surface area contributed by atoms with Crippen LogP contribution in [0.5, 0.6) is 0 Å². The molecule has 2 aromatic heterocycles. The van der Waals surface area contributed by atoms with Crippen molar-refractivity contribution in [3.63, 3.8) is 0 Å². The van der Waals surface area contributed by atoms with E-state index in [0.717, 1.165) is 39.1 Å². The van der Waals surface area contributed by atoms with Gasteiger partial charge in [0.25, 0.3) is 17.6 Å². The summed E-state index contributed by atoms with van der Waals surface area (Å²) in [6, 6.07) is 21.0. The number of aliphatic hydroxyl groups excluding tert-OH is 10. The molecule has 32 heteroatoms. The van der Waals surface area contributed by atoms with Crippen LogP contribution in [0.15, 0.2) is 66.7 Å². The smallest absolute Gasteiger partial charge is 0.490 e. The van der Waals surface area contributed by atoms with Crippen molar-refractivity contribution in [3.8, 4) is 11.1 Å². The number of halogens is 7. The van der Waals surface area contributed by atoms with Crippen LogP contribution in [-0.2, 0) is 42.1 Å². The largest absolute Gasteiger partial charge is 0.542 e. The van der Waals surface area contributed by atoms with Gasteiger partial charge in [-0.3, -0.25) is 14.5 Å². The van der Waals surface area contributed by atoms with Crippen LogP contribution < -0.4 is 31.8 Å². The Morgan fingerprint density at radius 1 is 0.695 bits per heavy atom. The molecule has 0 aliphatic rings. The zero-order valence-corrected chi connectivity index (χ0v) is 44.5. The van der Waals surface area contributed by atoms with Crippen molar-refractivity contribution >= 4 is 58.0 Å². The monoisotopic (exact) mass is 1200 g/mol. The number of nitrogens with zero attached hydrogens (tertiary/aromatic N) is 5. The zero-order valence-electron chi connectivity index (χ0n) is 43.7. The van der Waals surface area contributed by atoms with Gasteiger partial charge in [-0.1, -0.05) is 60.1 Å². The van der Waals surface area contributed by atoms with E-state index in [4.69, 9.17) is 53.1 Å². The van der Waals surface area contributed by atoms with Gasteiger partial charge in [0.1, 0.15) is 49.1 Å². The number of hydrogen-bond donors (Lipinski definition) is 15. The van der Waals surface area contributed by atoms with Gasteiger partial charge in [-0.05, 0) is 61.1 Å². The Morgan fingerprint density at radius 3 is 1.59 bits per heavy atom. The van der Waals surface area contributed by atoms with E-state index in [0.29, 0.717) is 38.0 Å². The number of aromatic nitrogens is 4. The molecule has 0 fully saturated rings. The van der Waals surface area contributed by atoms with E-state index in [2.05, 4.69) is 25.2 Å². The Morgan fingerprint density at radius 2 is 1.16 bits per heavy atom. The maximum Gasteiger partial charge on any atom is 0.490 e. The van der Waals surface area contributed by atoms with Gasteiger partial charge in [0, 0.05) is 37.8 Å². The molecule has 0 saturated carbocycles. The first-order chi connectivity index (χ1) is 38.3. The van der Waals surface area contributed by atoms with Crippen molar-refractivity contribution in [1.82, 2.24) is 30.1 Å². The molecule has 3 aromatic carbocycles. The second kappa shape index (κ2) is 31.5. The van der Waals surface area contributed by atoms with Crippen LogP contribution in [0.1, 0.15) is 51.6 Å². The summed E-state index contributed by atoms with van der Waals surface area (Å²) in [6.45, 7) is 3.32. The molecule has 0 aliphatic heterocycles. The fraction of sp³-hybridized carbons (Fsp3) is 0.460. The molecule has 0 spiro atoms. The lowest BCUT2D eigenvalue weighted by atomic mass is 10.00. The fourth-order valence-corrected chi connectivity index (χ4v) is 7.97. The third kappa shape index (κ3) is 19.9. The Kier molecular flexibility index (Phi) is 26.7. The lowest BCUT2D eigenvalue weighted by Gasteiger charge is -2.33. The van der Waals surface area contributed by atoms with E-state index in [1.54, 1.807) is 6.07 Å². The van der Waals surface area contributed by atoms with Gasteiger partial charge >= 0.3 is 18.3 Å². The van der Waals surface area contributed by atoms with Crippen molar-refractivity contribution in [1.29, 1.82) is 0 Å². The lowest BCUT2D eigenvalue weighted by molar-refractivity contribution is -0.676. The van der Waals surface area contributed by atoms with Crippen LogP contribution >= 0.6 is 11.6 Å². The quantitative estimate of drug-likeness (QED) is 0.0218. The first kappa shape index (κ1) is 69.4. The summed E-state index contributed by atoms with van der Waals surface area (Å²) in [5.41, 5.74) is 17.3. The average molecular weight is 1200 g/mol. The third-order valence-corrected chi connectivity index (χ3v) is 12.6. The number of aliphatic carboxylic acids is 2. The SMILES string of the molecule is CCn1c(CNC(=O)c2nc(Cl)c(N)nc2N)[n+](CC)c2ccc(C(=O)NCCc3ccc(-c4ccc(CCN(C[C@H](O)[C@@H](O)[C@H](O)[C@H](O)CO)C[C@H](O)[C@@H](O)[C@H](O)[C@H](O)CO)cc4)cc3)cc21.O=C(O)C(F)(F)F.O=C([O-])C(F)(F)F. The zero-order chi connectivity index (χ0) is 62.0. The minimum atomic E-state index is -5.19. The molecule has 2 amide bonds. The summed E-state index contributed by atoms with van der Waals surface area (Å²) in [5.74, 6) is -5.99. The van der Waals surface area contributed by atoms with E-state index >= 15 is 0 Å². The number of benzene rings is 3. The number of nitrogens with two attached hydrogens (primary N) is 2. The summed E-state index contributed by atoms with van der Waals surface area (Å²) in [7, 11) is 0. The van der Waals surface area contributed by atoms with E-state index in [1.807, 2.05) is 79.1 Å². The number of fused-ring (bicyclic) bond motifs is 1. The van der Waals surface area contributed by atoms with Crippen LogP contribution in [-0.4, -0.2) is 200 Å². The molecule has 0 bridgehead atoms. The van der Waals surface area contributed by atoms with Crippen LogP contribution in [0.3, 0.4) is 0 Å². The average Bonchev–Trinajstić information content (AvgIpc) is 3.87. The summed E-state index contributed by atoms with van der Waals surface area (Å²) in [6.07, 6.45) is -23.7. The summed E-state index contributed by atoms with van der Waals surface area (Å²) in [4.78, 5) is 53.4. The molecule has 0 saturated heterocycles. The molecule has 454 valence electrons. The number of aliphatic hydroxyl groups is 10. The highest BCUT2D eigenvalue weighted by molar-refractivity contribution is 6.31. The number of rotatable bonds is 25. The van der Waals surface area contributed by atoms with Gasteiger partial charge in [0.15, 0.2) is 33.5 Å². The van der Waals surface area contributed by atoms with E-state index < -0.39 is 92.2 Å². The molecule has 5 rings (SSSR count). The Labute approximate surface area is 467 Å². The molecule has 8 atom stereocenters. The summed E-state index contributed by atoms with van der Waals surface area (Å²) >= 11 is 5.98. The first-order valence-corrected chi connectivity index (χ1v) is 25.0. The van der Waals surface area contributed by atoms with Crippen molar-refractivity contribution in [2.75, 3.05) is 50.9 Å². The van der Waals surface area contributed by atoms with Crippen LogP contribution in [0.25, 0.3) is 22.2 Å². The van der Waals surface area contributed by atoms with Crippen LogP contribution in [0, 0.1) is 0 Å². The number of hydrogen-bond acceptors (Lipinski definition) is 20. The van der Waals surface area contributed by atoms with Gasteiger partial charge < -0.3 is 88.2 Å². The van der Waals surface area contributed by atoms with Crippen molar-refractivity contribution in [3.05, 3.63) is 100 Å². The highest BCUT2D eigenvalue weighted by atomic mass is 35.5. The molecule has 17 N–H and O–H groups in total. The Bertz CT molecular complexity index is 2840. The predicted octanol–water partition coefficient (Wildman–Crippen LogP) is -2.21. The molecule has 2 heterocycles. The number of carboxylic acids is 2. The van der Waals surface area contributed by atoms with Crippen molar-refractivity contribution < 1.29 is 111 Å². The van der Waals surface area contributed by atoms with Crippen LogP contribution in [0.2, 0.25) is 5.15 Å². The molecular weight excluding hydrogens is 1130 g/mol.